The van der Waals surface area contributed by atoms with Crippen molar-refractivity contribution in [3.63, 3.8) is 0 Å². The van der Waals surface area contributed by atoms with E-state index >= 15 is 0 Å². The second kappa shape index (κ2) is 7.82. The number of phenolic OH excluding ortho intramolecular Hbond substituents is 1. The predicted octanol–water partition coefficient (Wildman–Crippen LogP) is 7.57. The molecule has 0 fully saturated rings. The molecule has 0 atom stereocenters. The summed E-state index contributed by atoms with van der Waals surface area (Å²) >= 11 is 0. The van der Waals surface area contributed by atoms with Crippen LogP contribution in [0.2, 0.25) is 0 Å². The van der Waals surface area contributed by atoms with Crippen molar-refractivity contribution in [3.05, 3.63) is 103 Å². The molecule has 0 saturated heterocycles. The molecule has 0 saturated carbocycles. The topological polar surface area (TPSA) is 64.1 Å². The molecule has 0 unspecified atom stereocenters. The zero-order valence-corrected chi connectivity index (χ0v) is 19.5. The number of rotatable bonds is 3. The van der Waals surface area contributed by atoms with E-state index in [-0.39, 0.29) is 5.75 Å². The highest BCUT2D eigenvalue weighted by molar-refractivity contribution is 6.13. The summed E-state index contributed by atoms with van der Waals surface area (Å²) in [6, 6.07) is 29.9. The SMILES string of the molecule is Cn1cc(-c2cccc(-c3cc4ccccc4cn3)c2)nc1-c1c(O)ccc2oc3ccccc3c12. The summed E-state index contributed by atoms with van der Waals surface area (Å²) in [5.74, 6) is 0.845. The number of imidazole rings is 1. The van der Waals surface area contributed by atoms with E-state index in [1.807, 2.05) is 72.5 Å². The molecule has 0 aliphatic heterocycles. The number of fused-ring (bicyclic) bond motifs is 4. The van der Waals surface area contributed by atoms with Crippen LogP contribution in [-0.2, 0) is 7.05 Å². The Morgan fingerprint density at radius 1 is 0.750 bits per heavy atom. The molecule has 5 heteroatoms. The number of phenols is 1. The first-order chi connectivity index (χ1) is 17.7. The first kappa shape index (κ1) is 20.5. The fraction of sp³-hybridized carbons (Fsp3) is 0.0323. The molecule has 3 heterocycles. The van der Waals surface area contributed by atoms with Gasteiger partial charge in [0.05, 0.1) is 17.0 Å². The molecule has 1 N–H and O–H groups in total. The van der Waals surface area contributed by atoms with Gasteiger partial charge in [-0.2, -0.15) is 0 Å². The van der Waals surface area contributed by atoms with Gasteiger partial charge in [0, 0.05) is 46.7 Å². The molecule has 0 aliphatic carbocycles. The third-order valence-electron chi connectivity index (χ3n) is 6.71. The number of aromatic hydroxyl groups is 1. The van der Waals surface area contributed by atoms with Crippen molar-refractivity contribution in [2.75, 3.05) is 0 Å². The number of hydrogen-bond acceptors (Lipinski definition) is 4. The maximum Gasteiger partial charge on any atom is 0.144 e. The summed E-state index contributed by atoms with van der Waals surface area (Å²) in [4.78, 5) is 9.66. The Bertz CT molecular complexity index is 1930. The van der Waals surface area contributed by atoms with Gasteiger partial charge in [-0.05, 0) is 35.7 Å². The van der Waals surface area contributed by atoms with Gasteiger partial charge in [-0.1, -0.05) is 60.7 Å². The quantitative estimate of drug-likeness (QED) is 0.291. The highest BCUT2D eigenvalue weighted by Gasteiger charge is 2.20. The van der Waals surface area contributed by atoms with E-state index in [9.17, 15) is 5.11 Å². The average molecular weight is 468 g/mol. The molecule has 0 spiro atoms. The predicted molar refractivity (Wildman–Crippen MR) is 144 cm³/mol. The summed E-state index contributed by atoms with van der Waals surface area (Å²) < 4.78 is 7.99. The van der Waals surface area contributed by atoms with Crippen LogP contribution in [0.15, 0.2) is 108 Å². The second-order valence-electron chi connectivity index (χ2n) is 8.99. The van der Waals surface area contributed by atoms with E-state index in [1.54, 1.807) is 12.1 Å². The first-order valence-electron chi connectivity index (χ1n) is 11.8. The molecule has 7 rings (SSSR count). The molecule has 0 bridgehead atoms. The third kappa shape index (κ3) is 3.17. The molecule has 3 aromatic heterocycles. The lowest BCUT2D eigenvalue weighted by atomic mass is 10.0. The smallest absolute Gasteiger partial charge is 0.144 e. The highest BCUT2D eigenvalue weighted by atomic mass is 16.3. The number of para-hydroxylation sites is 1. The highest BCUT2D eigenvalue weighted by Crippen LogP contribution is 2.41. The lowest BCUT2D eigenvalue weighted by Gasteiger charge is -2.06. The Balaban J connectivity index is 1.36. The van der Waals surface area contributed by atoms with E-state index in [4.69, 9.17) is 9.40 Å². The Morgan fingerprint density at radius 3 is 2.42 bits per heavy atom. The van der Waals surface area contributed by atoms with Crippen LogP contribution in [0, 0.1) is 0 Å². The maximum absolute atomic E-state index is 10.9. The van der Waals surface area contributed by atoms with Crippen molar-refractivity contribution >= 4 is 32.7 Å². The van der Waals surface area contributed by atoms with Crippen LogP contribution in [0.4, 0.5) is 0 Å². The Kier molecular flexibility index (Phi) is 4.45. The van der Waals surface area contributed by atoms with E-state index in [0.717, 1.165) is 55.2 Å². The first-order valence-corrected chi connectivity index (χ1v) is 11.8. The number of aromatic nitrogens is 3. The van der Waals surface area contributed by atoms with Crippen LogP contribution in [0.5, 0.6) is 5.75 Å². The van der Waals surface area contributed by atoms with Crippen LogP contribution in [0.25, 0.3) is 66.6 Å². The standard InChI is InChI=1S/C31H21N3O2/c1-34-18-25(21-10-6-9-20(15-21)24-16-19-7-2-3-8-22(19)17-32-24)33-31(34)30-26(35)13-14-28-29(30)23-11-4-5-12-27(23)36-28/h2-18,35H,1H3. The second-order valence-corrected chi connectivity index (χ2v) is 8.99. The van der Waals surface area contributed by atoms with Gasteiger partial charge in [0.2, 0.25) is 0 Å². The normalized spacial score (nSPS) is 11.6. The molecule has 0 aliphatic rings. The summed E-state index contributed by atoms with van der Waals surface area (Å²) in [6.07, 6.45) is 3.90. The summed E-state index contributed by atoms with van der Waals surface area (Å²) in [5, 5.41) is 15.0. The largest absolute Gasteiger partial charge is 0.507 e. The van der Waals surface area contributed by atoms with E-state index in [1.165, 1.54) is 0 Å². The number of pyridine rings is 1. The van der Waals surface area contributed by atoms with Crippen LogP contribution in [0.1, 0.15) is 0 Å². The van der Waals surface area contributed by atoms with Crippen molar-refractivity contribution in [1.29, 1.82) is 0 Å². The molecular weight excluding hydrogens is 446 g/mol. The maximum atomic E-state index is 10.9. The minimum absolute atomic E-state index is 0.170. The molecule has 36 heavy (non-hydrogen) atoms. The van der Waals surface area contributed by atoms with Crippen LogP contribution < -0.4 is 0 Å². The van der Waals surface area contributed by atoms with E-state index in [2.05, 4.69) is 35.3 Å². The summed E-state index contributed by atoms with van der Waals surface area (Å²) in [5.41, 5.74) is 5.91. The van der Waals surface area contributed by atoms with Gasteiger partial charge in [0.15, 0.2) is 0 Å². The zero-order chi connectivity index (χ0) is 24.2. The Labute approximate surface area is 206 Å². The minimum Gasteiger partial charge on any atom is -0.507 e. The van der Waals surface area contributed by atoms with E-state index < -0.39 is 0 Å². The van der Waals surface area contributed by atoms with Crippen molar-refractivity contribution < 1.29 is 9.52 Å². The number of benzene rings is 4. The van der Waals surface area contributed by atoms with Gasteiger partial charge >= 0.3 is 0 Å². The number of nitrogens with zero attached hydrogens (tertiary/aromatic N) is 3. The number of aryl methyl sites for hydroxylation is 1. The molecule has 172 valence electrons. The van der Waals surface area contributed by atoms with E-state index in [0.29, 0.717) is 11.4 Å². The fourth-order valence-corrected chi connectivity index (χ4v) is 4.95. The van der Waals surface area contributed by atoms with Crippen LogP contribution in [0.3, 0.4) is 0 Å². The summed E-state index contributed by atoms with van der Waals surface area (Å²) in [7, 11) is 1.95. The Hall–Kier alpha value is -4.90. The minimum atomic E-state index is 0.170. The van der Waals surface area contributed by atoms with Crippen molar-refractivity contribution in [3.8, 4) is 39.7 Å². The van der Waals surface area contributed by atoms with Crippen molar-refractivity contribution in [2.24, 2.45) is 7.05 Å². The molecule has 7 aromatic rings. The van der Waals surface area contributed by atoms with Gasteiger partial charge in [0.1, 0.15) is 22.7 Å². The zero-order valence-electron chi connectivity index (χ0n) is 19.5. The lowest BCUT2D eigenvalue weighted by molar-refractivity contribution is 0.477. The van der Waals surface area contributed by atoms with Gasteiger partial charge in [-0.15, -0.1) is 0 Å². The fourth-order valence-electron chi connectivity index (χ4n) is 4.95. The van der Waals surface area contributed by atoms with Gasteiger partial charge in [-0.3, -0.25) is 4.98 Å². The molecule has 5 nitrogen and oxygen atoms in total. The summed E-state index contributed by atoms with van der Waals surface area (Å²) in [6.45, 7) is 0. The number of hydrogen-bond donors (Lipinski definition) is 1. The van der Waals surface area contributed by atoms with Crippen molar-refractivity contribution in [2.45, 2.75) is 0 Å². The Morgan fingerprint density at radius 2 is 1.53 bits per heavy atom. The molecule has 0 radical (unpaired) electrons. The van der Waals surface area contributed by atoms with Gasteiger partial charge < -0.3 is 14.1 Å². The number of furan rings is 1. The molecule has 4 aromatic carbocycles. The monoisotopic (exact) mass is 467 g/mol. The molecule has 0 amide bonds. The van der Waals surface area contributed by atoms with Crippen LogP contribution >= 0.6 is 0 Å². The van der Waals surface area contributed by atoms with Gasteiger partial charge in [0.25, 0.3) is 0 Å². The molecular formula is C31H21N3O2. The lowest BCUT2D eigenvalue weighted by Crippen LogP contribution is -1.92. The van der Waals surface area contributed by atoms with Crippen molar-refractivity contribution in [1.82, 2.24) is 14.5 Å². The van der Waals surface area contributed by atoms with Gasteiger partial charge in [-0.25, -0.2) is 4.98 Å². The van der Waals surface area contributed by atoms with Crippen LogP contribution in [-0.4, -0.2) is 19.6 Å². The average Bonchev–Trinajstić information content (AvgIpc) is 3.49. The third-order valence-corrected chi connectivity index (χ3v) is 6.71.